The Bertz CT molecular complexity index is 1000. The van der Waals surface area contributed by atoms with E-state index in [1.165, 1.54) is 18.2 Å². The third-order valence-electron chi connectivity index (χ3n) is 3.77. The minimum Gasteiger partial charge on any atom is -0.456 e. The van der Waals surface area contributed by atoms with Gasteiger partial charge in [0.25, 0.3) is 5.69 Å². The number of aryl methyl sites for hydroxylation is 1. The largest absolute Gasteiger partial charge is 0.456 e. The Hall–Kier alpha value is -3.18. The number of ketones is 1. The molecule has 0 aliphatic carbocycles. The standard InChI is InChI=1S/C20H14ClNO4/c1-13-2-9-17(18(12-13)22(24)25)20-11-8-16(26-20)7-10-19(23)14-3-5-15(21)6-4-14/h2-12H,1H3. The molecule has 6 heteroatoms. The molecule has 26 heavy (non-hydrogen) atoms. The van der Waals surface area contributed by atoms with E-state index in [2.05, 4.69) is 0 Å². The van der Waals surface area contributed by atoms with E-state index in [1.54, 1.807) is 55.5 Å². The first kappa shape index (κ1) is 17.6. The maximum atomic E-state index is 12.1. The fourth-order valence-electron chi connectivity index (χ4n) is 2.46. The van der Waals surface area contributed by atoms with Crippen molar-refractivity contribution in [2.75, 3.05) is 0 Å². The van der Waals surface area contributed by atoms with E-state index in [1.807, 2.05) is 0 Å². The van der Waals surface area contributed by atoms with Crippen LogP contribution in [0.25, 0.3) is 17.4 Å². The second-order valence-corrected chi connectivity index (χ2v) is 6.12. The molecule has 3 aromatic rings. The van der Waals surface area contributed by atoms with Gasteiger partial charge in [-0.3, -0.25) is 14.9 Å². The van der Waals surface area contributed by atoms with E-state index >= 15 is 0 Å². The third-order valence-corrected chi connectivity index (χ3v) is 4.02. The molecule has 0 spiro atoms. The highest BCUT2D eigenvalue weighted by molar-refractivity contribution is 6.30. The number of hydrogen-bond donors (Lipinski definition) is 0. The summed E-state index contributed by atoms with van der Waals surface area (Å²) in [4.78, 5) is 22.9. The van der Waals surface area contributed by atoms with Crippen molar-refractivity contribution in [3.8, 4) is 11.3 Å². The molecule has 0 N–H and O–H groups in total. The van der Waals surface area contributed by atoms with Crippen LogP contribution in [0.3, 0.4) is 0 Å². The van der Waals surface area contributed by atoms with Crippen LogP contribution in [0.2, 0.25) is 5.02 Å². The predicted octanol–water partition coefficient (Wildman–Crippen LogP) is 5.71. The zero-order valence-electron chi connectivity index (χ0n) is 13.8. The van der Waals surface area contributed by atoms with Gasteiger partial charge >= 0.3 is 0 Å². The normalized spacial score (nSPS) is 11.0. The molecule has 0 bridgehead atoms. The van der Waals surface area contributed by atoms with Crippen molar-refractivity contribution < 1.29 is 14.1 Å². The average molecular weight is 368 g/mol. The Morgan fingerprint density at radius 3 is 2.54 bits per heavy atom. The second kappa shape index (κ2) is 7.37. The van der Waals surface area contributed by atoms with E-state index in [0.717, 1.165) is 5.56 Å². The van der Waals surface area contributed by atoms with Gasteiger partial charge in [-0.25, -0.2) is 0 Å². The number of benzene rings is 2. The first-order valence-electron chi connectivity index (χ1n) is 7.77. The van der Waals surface area contributed by atoms with Gasteiger partial charge in [0.15, 0.2) is 5.78 Å². The Morgan fingerprint density at radius 1 is 1.12 bits per heavy atom. The molecule has 0 saturated carbocycles. The summed E-state index contributed by atoms with van der Waals surface area (Å²) in [6, 6.07) is 14.8. The molecule has 1 aromatic heterocycles. The molecule has 0 radical (unpaired) electrons. The Kier molecular flexibility index (Phi) is 5.00. The molecule has 0 amide bonds. The quantitative estimate of drug-likeness (QED) is 0.250. The van der Waals surface area contributed by atoms with Gasteiger partial charge in [-0.15, -0.1) is 0 Å². The van der Waals surface area contributed by atoms with E-state index in [4.69, 9.17) is 16.0 Å². The minimum atomic E-state index is -0.440. The summed E-state index contributed by atoms with van der Waals surface area (Å²) in [5.41, 5.74) is 1.67. The molecule has 0 atom stereocenters. The molecule has 0 aliphatic heterocycles. The number of carbonyl (C=O) groups excluding carboxylic acids is 1. The summed E-state index contributed by atoms with van der Waals surface area (Å²) < 4.78 is 5.64. The number of halogens is 1. The molecular formula is C20H14ClNO4. The van der Waals surface area contributed by atoms with Gasteiger partial charge < -0.3 is 4.42 Å². The van der Waals surface area contributed by atoms with Gasteiger partial charge in [0.05, 0.1) is 10.5 Å². The molecule has 0 saturated heterocycles. The zero-order valence-corrected chi connectivity index (χ0v) is 14.6. The second-order valence-electron chi connectivity index (χ2n) is 5.68. The lowest BCUT2D eigenvalue weighted by Crippen LogP contribution is -1.92. The van der Waals surface area contributed by atoms with Crippen molar-refractivity contribution >= 4 is 29.1 Å². The topological polar surface area (TPSA) is 73.3 Å². The number of nitro benzene ring substituents is 1. The summed E-state index contributed by atoms with van der Waals surface area (Å²) in [6.07, 6.45) is 2.91. The molecule has 3 rings (SSSR count). The summed E-state index contributed by atoms with van der Waals surface area (Å²) in [5, 5.41) is 11.8. The monoisotopic (exact) mass is 367 g/mol. The third kappa shape index (κ3) is 3.90. The molecule has 5 nitrogen and oxygen atoms in total. The molecule has 0 aliphatic rings. The van der Waals surface area contributed by atoms with Crippen LogP contribution in [-0.4, -0.2) is 10.7 Å². The van der Waals surface area contributed by atoms with Crippen LogP contribution >= 0.6 is 11.6 Å². The summed E-state index contributed by atoms with van der Waals surface area (Å²) in [6.45, 7) is 1.79. The van der Waals surface area contributed by atoms with Crippen LogP contribution in [-0.2, 0) is 0 Å². The Balaban J connectivity index is 1.83. The van der Waals surface area contributed by atoms with Gasteiger partial charge in [0, 0.05) is 16.7 Å². The first-order valence-corrected chi connectivity index (χ1v) is 8.15. The van der Waals surface area contributed by atoms with Crippen LogP contribution in [0.4, 0.5) is 5.69 Å². The van der Waals surface area contributed by atoms with Gasteiger partial charge in [-0.05, 0) is 67.1 Å². The van der Waals surface area contributed by atoms with Gasteiger partial charge in [-0.1, -0.05) is 17.7 Å². The van der Waals surface area contributed by atoms with Crippen LogP contribution in [0.5, 0.6) is 0 Å². The summed E-state index contributed by atoms with van der Waals surface area (Å²) >= 11 is 5.80. The molecule has 2 aromatic carbocycles. The van der Waals surface area contributed by atoms with Crippen LogP contribution in [0.15, 0.2) is 65.1 Å². The maximum absolute atomic E-state index is 12.1. The predicted molar refractivity (Wildman–Crippen MR) is 100 cm³/mol. The fourth-order valence-corrected chi connectivity index (χ4v) is 2.58. The molecule has 0 fully saturated rings. The van der Waals surface area contributed by atoms with Crippen LogP contribution < -0.4 is 0 Å². The number of nitrogens with zero attached hydrogens (tertiary/aromatic N) is 1. The maximum Gasteiger partial charge on any atom is 0.280 e. The number of furan rings is 1. The van der Waals surface area contributed by atoms with E-state index in [-0.39, 0.29) is 11.5 Å². The first-order chi connectivity index (χ1) is 12.4. The number of allylic oxidation sites excluding steroid dienone is 1. The van der Waals surface area contributed by atoms with Gasteiger partial charge in [0.1, 0.15) is 11.5 Å². The number of rotatable bonds is 5. The lowest BCUT2D eigenvalue weighted by Gasteiger charge is -2.01. The van der Waals surface area contributed by atoms with Crippen LogP contribution in [0.1, 0.15) is 21.7 Å². The highest BCUT2D eigenvalue weighted by Gasteiger charge is 2.18. The average Bonchev–Trinajstić information content (AvgIpc) is 3.09. The number of carbonyl (C=O) groups is 1. The van der Waals surface area contributed by atoms with Crippen molar-refractivity contribution in [2.24, 2.45) is 0 Å². The van der Waals surface area contributed by atoms with Crippen molar-refractivity contribution in [2.45, 2.75) is 6.92 Å². The van der Waals surface area contributed by atoms with E-state index in [0.29, 0.717) is 27.7 Å². The van der Waals surface area contributed by atoms with Crippen molar-refractivity contribution in [3.05, 3.63) is 92.7 Å². The number of hydrogen-bond acceptors (Lipinski definition) is 4. The highest BCUT2D eigenvalue weighted by Crippen LogP contribution is 2.32. The lowest BCUT2D eigenvalue weighted by atomic mass is 10.1. The fraction of sp³-hybridized carbons (Fsp3) is 0.0500. The zero-order chi connectivity index (χ0) is 18.7. The van der Waals surface area contributed by atoms with Gasteiger partial charge in [-0.2, -0.15) is 0 Å². The Labute approximate surface area is 154 Å². The SMILES string of the molecule is Cc1ccc(-c2ccc(C=CC(=O)c3ccc(Cl)cc3)o2)c([N+](=O)[O-])c1. The van der Waals surface area contributed by atoms with E-state index < -0.39 is 4.92 Å². The van der Waals surface area contributed by atoms with Crippen LogP contribution in [0, 0.1) is 17.0 Å². The summed E-state index contributed by atoms with van der Waals surface area (Å²) in [7, 11) is 0. The van der Waals surface area contributed by atoms with Crippen molar-refractivity contribution in [1.29, 1.82) is 0 Å². The number of nitro groups is 1. The van der Waals surface area contributed by atoms with Gasteiger partial charge in [0.2, 0.25) is 0 Å². The van der Waals surface area contributed by atoms with Crippen molar-refractivity contribution in [1.82, 2.24) is 0 Å². The smallest absolute Gasteiger partial charge is 0.280 e. The minimum absolute atomic E-state index is 0.0212. The Morgan fingerprint density at radius 2 is 1.85 bits per heavy atom. The van der Waals surface area contributed by atoms with E-state index in [9.17, 15) is 14.9 Å². The molecule has 1 heterocycles. The molecule has 130 valence electrons. The summed E-state index contributed by atoms with van der Waals surface area (Å²) in [5.74, 6) is 0.605. The molecule has 0 unspecified atom stereocenters. The lowest BCUT2D eigenvalue weighted by molar-refractivity contribution is -0.384. The van der Waals surface area contributed by atoms with Crippen molar-refractivity contribution in [3.63, 3.8) is 0 Å². The molecular weight excluding hydrogens is 354 g/mol. The highest BCUT2D eigenvalue weighted by atomic mass is 35.5.